The van der Waals surface area contributed by atoms with Crippen molar-refractivity contribution in [2.75, 3.05) is 26.2 Å². The van der Waals surface area contributed by atoms with E-state index < -0.39 is 0 Å². The Morgan fingerprint density at radius 1 is 1.22 bits per heavy atom. The highest BCUT2D eigenvalue weighted by atomic mass is 32.2. The minimum absolute atomic E-state index is 0.0933. The molecule has 23 heavy (non-hydrogen) atoms. The summed E-state index contributed by atoms with van der Waals surface area (Å²) in [5.41, 5.74) is 0.683. The van der Waals surface area contributed by atoms with Crippen molar-refractivity contribution in [2.24, 2.45) is 0 Å². The molecule has 2 aromatic carbocycles. The van der Waals surface area contributed by atoms with Gasteiger partial charge in [0.25, 0.3) is 5.91 Å². The molecule has 1 aliphatic heterocycles. The van der Waals surface area contributed by atoms with E-state index >= 15 is 0 Å². The molecule has 120 valence electrons. The number of rotatable bonds is 6. The molecule has 1 aliphatic rings. The van der Waals surface area contributed by atoms with Crippen LogP contribution in [-0.4, -0.2) is 32.1 Å². The van der Waals surface area contributed by atoms with Crippen molar-refractivity contribution >= 4 is 17.7 Å². The molecular formula is C17H17NO4S. The minimum atomic E-state index is -0.0933. The zero-order valence-corrected chi connectivity index (χ0v) is 13.5. The van der Waals surface area contributed by atoms with Crippen molar-refractivity contribution < 1.29 is 19.0 Å². The number of carbonyl (C=O) groups excluding carboxylic acids is 1. The summed E-state index contributed by atoms with van der Waals surface area (Å²) in [7, 11) is 0. The van der Waals surface area contributed by atoms with Gasteiger partial charge in [-0.1, -0.05) is 12.1 Å². The highest BCUT2D eigenvalue weighted by Gasteiger charge is 2.14. The second-order valence-corrected chi connectivity index (χ2v) is 5.67. The quantitative estimate of drug-likeness (QED) is 0.651. The predicted octanol–water partition coefficient (Wildman–Crippen LogP) is 2.95. The molecule has 0 fully saturated rings. The van der Waals surface area contributed by atoms with Gasteiger partial charge in [-0.2, -0.15) is 0 Å². The van der Waals surface area contributed by atoms with Gasteiger partial charge >= 0.3 is 0 Å². The minimum Gasteiger partial charge on any atom is -0.492 e. The van der Waals surface area contributed by atoms with Gasteiger partial charge in [-0.15, -0.1) is 11.8 Å². The van der Waals surface area contributed by atoms with Crippen LogP contribution >= 0.6 is 11.8 Å². The van der Waals surface area contributed by atoms with Gasteiger partial charge in [0.2, 0.25) is 6.79 Å². The number of amides is 1. The van der Waals surface area contributed by atoms with Crippen molar-refractivity contribution in [3.8, 4) is 17.2 Å². The fourth-order valence-corrected chi connectivity index (χ4v) is 2.82. The molecule has 1 N–H and O–H groups in total. The maximum Gasteiger partial charge on any atom is 0.252 e. The Balaban J connectivity index is 1.49. The van der Waals surface area contributed by atoms with E-state index in [9.17, 15) is 4.79 Å². The smallest absolute Gasteiger partial charge is 0.252 e. The molecular weight excluding hydrogens is 314 g/mol. The standard InChI is InChI=1S/C17H17NO4S/c1-23-16-5-3-2-4-13(16)17(19)18-8-9-20-12-6-7-14-15(10-12)22-11-21-14/h2-7,10H,8-9,11H2,1H3,(H,18,19). The maximum atomic E-state index is 12.2. The van der Waals surface area contributed by atoms with Crippen LogP contribution in [0, 0.1) is 0 Å². The Hall–Kier alpha value is -2.34. The lowest BCUT2D eigenvalue weighted by Gasteiger charge is -2.10. The van der Waals surface area contributed by atoms with E-state index in [1.807, 2.05) is 42.7 Å². The molecule has 2 aromatic rings. The largest absolute Gasteiger partial charge is 0.492 e. The van der Waals surface area contributed by atoms with Gasteiger partial charge in [0.1, 0.15) is 12.4 Å². The van der Waals surface area contributed by atoms with Crippen molar-refractivity contribution in [1.29, 1.82) is 0 Å². The number of thioether (sulfide) groups is 1. The zero-order chi connectivity index (χ0) is 16.1. The second-order valence-electron chi connectivity index (χ2n) is 4.82. The number of fused-ring (bicyclic) bond motifs is 1. The first-order chi connectivity index (χ1) is 11.3. The lowest BCUT2D eigenvalue weighted by Crippen LogP contribution is -2.28. The van der Waals surface area contributed by atoms with E-state index in [1.165, 1.54) is 0 Å². The van der Waals surface area contributed by atoms with Gasteiger partial charge in [0.15, 0.2) is 11.5 Å². The number of hydrogen-bond donors (Lipinski definition) is 1. The van der Waals surface area contributed by atoms with Gasteiger partial charge in [-0.3, -0.25) is 4.79 Å². The molecule has 3 rings (SSSR count). The number of benzene rings is 2. The monoisotopic (exact) mass is 331 g/mol. The van der Waals surface area contributed by atoms with E-state index in [2.05, 4.69) is 5.32 Å². The number of hydrogen-bond acceptors (Lipinski definition) is 5. The Kier molecular flexibility index (Phi) is 4.92. The zero-order valence-electron chi connectivity index (χ0n) is 12.7. The van der Waals surface area contributed by atoms with Crippen LogP contribution in [0.3, 0.4) is 0 Å². The van der Waals surface area contributed by atoms with Crippen LogP contribution in [0.4, 0.5) is 0 Å². The Labute approximate surface area is 138 Å². The summed E-state index contributed by atoms with van der Waals surface area (Å²) < 4.78 is 16.2. The summed E-state index contributed by atoms with van der Waals surface area (Å²) in [6, 6.07) is 12.9. The number of nitrogens with one attached hydrogen (secondary N) is 1. The third-order valence-electron chi connectivity index (χ3n) is 3.35. The summed E-state index contributed by atoms with van der Waals surface area (Å²) in [5, 5.41) is 2.86. The fraction of sp³-hybridized carbons (Fsp3) is 0.235. The first-order valence-electron chi connectivity index (χ1n) is 7.21. The van der Waals surface area contributed by atoms with Crippen LogP contribution in [0.25, 0.3) is 0 Å². The molecule has 0 atom stereocenters. The molecule has 1 heterocycles. The van der Waals surface area contributed by atoms with E-state index in [0.29, 0.717) is 30.2 Å². The maximum absolute atomic E-state index is 12.2. The molecule has 0 bridgehead atoms. The molecule has 1 amide bonds. The molecule has 0 aliphatic carbocycles. The van der Waals surface area contributed by atoms with Crippen molar-refractivity contribution in [3.05, 3.63) is 48.0 Å². The van der Waals surface area contributed by atoms with E-state index in [-0.39, 0.29) is 12.7 Å². The third-order valence-corrected chi connectivity index (χ3v) is 4.15. The fourth-order valence-electron chi connectivity index (χ4n) is 2.23. The molecule has 0 aromatic heterocycles. The van der Waals surface area contributed by atoms with Gasteiger partial charge in [0.05, 0.1) is 12.1 Å². The topological polar surface area (TPSA) is 56.8 Å². The van der Waals surface area contributed by atoms with E-state index in [4.69, 9.17) is 14.2 Å². The summed E-state index contributed by atoms with van der Waals surface area (Å²) in [6.07, 6.45) is 1.95. The summed E-state index contributed by atoms with van der Waals surface area (Å²) >= 11 is 1.55. The first kappa shape index (κ1) is 15.6. The SMILES string of the molecule is CSc1ccccc1C(=O)NCCOc1ccc2c(c1)OCO2. The Bertz CT molecular complexity index is 705. The highest BCUT2D eigenvalue weighted by molar-refractivity contribution is 7.98. The normalized spacial score (nSPS) is 12.0. The van der Waals surface area contributed by atoms with E-state index in [0.717, 1.165) is 10.6 Å². The average Bonchev–Trinajstić information content (AvgIpc) is 3.06. The third kappa shape index (κ3) is 3.71. The van der Waals surface area contributed by atoms with E-state index in [1.54, 1.807) is 17.8 Å². The lowest BCUT2D eigenvalue weighted by molar-refractivity contribution is 0.0944. The van der Waals surface area contributed by atoms with Crippen molar-refractivity contribution in [3.63, 3.8) is 0 Å². The second kappa shape index (κ2) is 7.28. The van der Waals surface area contributed by atoms with Crippen molar-refractivity contribution in [1.82, 2.24) is 5.32 Å². The van der Waals surface area contributed by atoms with Gasteiger partial charge < -0.3 is 19.5 Å². The highest BCUT2D eigenvalue weighted by Crippen LogP contribution is 2.34. The van der Waals surface area contributed by atoms with Crippen molar-refractivity contribution in [2.45, 2.75) is 4.90 Å². The summed E-state index contributed by atoms with van der Waals surface area (Å²) in [6.45, 7) is 1.05. The van der Waals surface area contributed by atoms with Crippen LogP contribution in [0.15, 0.2) is 47.4 Å². The molecule has 0 radical (unpaired) electrons. The van der Waals surface area contributed by atoms with Crippen LogP contribution in [0.1, 0.15) is 10.4 Å². The molecule has 0 saturated carbocycles. The number of ether oxygens (including phenoxy) is 3. The lowest BCUT2D eigenvalue weighted by atomic mass is 10.2. The molecule has 5 nitrogen and oxygen atoms in total. The van der Waals surface area contributed by atoms with Crippen LogP contribution < -0.4 is 19.5 Å². The Morgan fingerprint density at radius 2 is 2.04 bits per heavy atom. The molecule has 0 saturated heterocycles. The van der Waals surface area contributed by atoms with Crippen LogP contribution in [0.2, 0.25) is 0 Å². The average molecular weight is 331 g/mol. The summed E-state index contributed by atoms with van der Waals surface area (Å²) in [5.74, 6) is 2.00. The van der Waals surface area contributed by atoms with Gasteiger partial charge in [0, 0.05) is 11.0 Å². The molecule has 6 heteroatoms. The van der Waals surface area contributed by atoms with Gasteiger partial charge in [-0.05, 0) is 30.5 Å². The van der Waals surface area contributed by atoms with Crippen LogP contribution in [0.5, 0.6) is 17.2 Å². The Morgan fingerprint density at radius 3 is 2.91 bits per heavy atom. The first-order valence-corrected chi connectivity index (χ1v) is 8.44. The summed E-state index contributed by atoms with van der Waals surface area (Å²) in [4.78, 5) is 13.1. The van der Waals surface area contributed by atoms with Gasteiger partial charge in [-0.25, -0.2) is 0 Å². The van der Waals surface area contributed by atoms with Crippen LogP contribution in [-0.2, 0) is 0 Å². The molecule has 0 spiro atoms. The number of carbonyl (C=O) groups is 1. The predicted molar refractivity (Wildman–Crippen MR) is 88.6 cm³/mol. The molecule has 0 unspecified atom stereocenters.